The molecule has 0 saturated heterocycles. The first-order chi connectivity index (χ1) is 21.6. The van der Waals surface area contributed by atoms with Crippen LogP contribution in [0.3, 0.4) is 0 Å². The average molecular weight is 622 g/mol. The van der Waals surface area contributed by atoms with Gasteiger partial charge in [0.05, 0.1) is 33.9 Å². The van der Waals surface area contributed by atoms with Crippen LogP contribution in [-0.2, 0) is 33.8 Å². The Morgan fingerprint density at radius 1 is 0.778 bits per heavy atom. The zero-order chi connectivity index (χ0) is 32.7. The number of aryl methyl sites for hydroxylation is 1. The third-order valence-corrected chi connectivity index (χ3v) is 7.48. The minimum atomic E-state index is -0.865. The van der Waals surface area contributed by atoms with E-state index in [1.54, 1.807) is 14.1 Å². The molecule has 9 nitrogen and oxygen atoms in total. The molecule has 3 rings (SSSR count). The van der Waals surface area contributed by atoms with Crippen LogP contribution in [0.25, 0.3) is 11.1 Å². The number of carboxylic acid groups (broad SMARTS) is 2. The number of hydroxylamine groups is 2. The third-order valence-electron chi connectivity index (χ3n) is 7.48. The van der Waals surface area contributed by atoms with E-state index in [2.05, 4.69) is 6.07 Å². The van der Waals surface area contributed by atoms with Gasteiger partial charge in [0.25, 0.3) is 0 Å². The third kappa shape index (κ3) is 12.5. The van der Waals surface area contributed by atoms with E-state index in [0.29, 0.717) is 44.1 Å². The Balaban J connectivity index is 1.53. The Labute approximate surface area is 266 Å². The number of unbranched alkanes of at least 4 members (excludes halogenated alkanes) is 3. The number of hydrogen-bond donors (Lipinski definition) is 2. The highest BCUT2D eigenvalue weighted by Crippen LogP contribution is 2.30. The molecule has 0 atom stereocenters. The highest BCUT2D eigenvalue weighted by atomic mass is 16.5. The number of ether oxygens (including phenoxy) is 3. The van der Waals surface area contributed by atoms with Crippen LogP contribution in [0, 0.1) is 5.21 Å². The number of carboxylic acids is 2. The molecule has 0 spiro atoms. The molecule has 0 amide bonds. The zero-order valence-electron chi connectivity index (χ0n) is 26.8. The topological polar surface area (TPSA) is 125 Å². The highest BCUT2D eigenvalue weighted by molar-refractivity contribution is 5.69. The van der Waals surface area contributed by atoms with Crippen LogP contribution in [0.2, 0.25) is 0 Å². The molecule has 45 heavy (non-hydrogen) atoms. The summed E-state index contributed by atoms with van der Waals surface area (Å²) >= 11 is 0. The lowest BCUT2D eigenvalue weighted by atomic mass is 9.97. The molecule has 0 radical (unpaired) electrons. The van der Waals surface area contributed by atoms with Crippen LogP contribution in [-0.4, -0.2) is 56.1 Å². The van der Waals surface area contributed by atoms with E-state index in [0.717, 1.165) is 65.7 Å². The summed E-state index contributed by atoms with van der Waals surface area (Å²) in [7, 11) is 3.21. The van der Waals surface area contributed by atoms with Crippen molar-refractivity contribution in [3.05, 3.63) is 82.6 Å². The van der Waals surface area contributed by atoms with Crippen molar-refractivity contribution in [1.82, 2.24) is 4.65 Å². The molecule has 3 aromatic carbocycles. The maximum Gasteiger partial charge on any atom is 0.303 e. The van der Waals surface area contributed by atoms with Gasteiger partial charge in [0.1, 0.15) is 17.2 Å². The first-order valence-electron chi connectivity index (χ1n) is 15.7. The lowest BCUT2D eigenvalue weighted by Crippen LogP contribution is -2.32. The van der Waals surface area contributed by atoms with E-state index in [1.807, 2.05) is 61.5 Å². The van der Waals surface area contributed by atoms with Crippen molar-refractivity contribution in [3.63, 3.8) is 0 Å². The molecular weight excluding hydrogens is 574 g/mol. The van der Waals surface area contributed by atoms with Gasteiger partial charge in [0.2, 0.25) is 0 Å². The molecule has 3 aromatic rings. The van der Waals surface area contributed by atoms with Crippen molar-refractivity contribution < 1.29 is 34.0 Å². The van der Waals surface area contributed by atoms with Crippen molar-refractivity contribution >= 4 is 17.6 Å². The van der Waals surface area contributed by atoms with Crippen molar-refractivity contribution in [2.45, 2.75) is 71.3 Å². The summed E-state index contributed by atoms with van der Waals surface area (Å²) in [6, 6.07) is 19.5. The van der Waals surface area contributed by atoms with E-state index in [1.165, 1.54) is 0 Å². The monoisotopic (exact) mass is 621 g/mol. The molecule has 0 aliphatic carbocycles. The van der Waals surface area contributed by atoms with E-state index < -0.39 is 16.6 Å². The van der Waals surface area contributed by atoms with Gasteiger partial charge in [-0.3, -0.25) is 9.59 Å². The molecular formula is C36H47NO8. The van der Waals surface area contributed by atoms with Gasteiger partial charge in [-0.05, 0) is 103 Å². The van der Waals surface area contributed by atoms with Crippen LogP contribution in [0.1, 0.15) is 68.6 Å². The van der Waals surface area contributed by atoms with Crippen molar-refractivity contribution in [2.75, 3.05) is 33.9 Å². The van der Waals surface area contributed by atoms with Gasteiger partial charge in [0, 0.05) is 31.6 Å². The van der Waals surface area contributed by atoms with Gasteiger partial charge >= 0.3 is 11.9 Å². The number of quaternary nitrogens is 1. The van der Waals surface area contributed by atoms with Crippen LogP contribution < -0.4 is 14.1 Å². The molecule has 0 bridgehead atoms. The number of benzene rings is 3. The normalized spacial score (nSPS) is 11.4. The molecule has 2 N–H and O–H groups in total. The molecule has 0 saturated carbocycles. The SMILES string of the molecule is CCOCc1cc(OCCCCCCc2cccc(OCCCC(=O)O)c2CCC(=O)O)cc(-c2ccc([N+](C)(C)[O-])cc2)c1. The average Bonchev–Trinajstić information content (AvgIpc) is 3.00. The Morgan fingerprint density at radius 2 is 1.49 bits per heavy atom. The first-order valence-corrected chi connectivity index (χ1v) is 15.7. The lowest BCUT2D eigenvalue weighted by Gasteiger charge is -2.33. The van der Waals surface area contributed by atoms with Gasteiger partial charge in [-0.1, -0.05) is 25.0 Å². The predicted molar refractivity (Wildman–Crippen MR) is 177 cm³/mol. The minimum Gasteiger partial charge on any atom is -0.628 e. The van der Waals surface area contributed by atoms with Crippen LogP contribution >= 0.6 is 0 Å². The molecule has 0 aliphatic heterocycles. The molecule has 0 fully saturated rings. The summed E-state index contributed by atoms with van der Waals surface area (Å²) in [6.07, 6.45) is 5.46. The number of carbonyl (C=O) groups is 2. The van der Waals surface area contributed by atoms with Gasteiger partial charge in [0.15, 0.2) is 0 Å². The first kappa shape index (κ1) is 35.6. The van der Waals surface area contributed by atoms with Crippen LogP contribution in [0.15, 0.2) is 60.7 Å². The Hall–Kier alpha value is -3.92. The van der Waals surface area contributed by atoms with E-state index in [-0.39, 0.29) is 19.4 Å². The zero-order valence-corrected chi connectivity index (χ0v) is 26.8. The molecule has 0 unspecified atom stereocenters. The second-order valence-electron chi connectivity index (χ2n) is 11.5. The van der Waals surface area contributed by atoms with E-state index in [9.17, 15) is 19.9 Å². The van der Waals surface area contributed by atoms with Gasteiger partial charge < -0.3 is 34.3 Å². The maximum absolute atomic E-state index is 12.3. The van der Waals surface area contributed by atoms with Crippen molar-refractivity contribution in [1.29, 1.82) is 0 Å². The second-order valence-corrected chi connectivity index (χ2v) is 11.5. The van der Waals surface area contributed by atoms with E-state index >= 15 is 0 Å². The highest BCUT2D eigenvalue weighted by Gasteiger charge is 2.13. The Kier molecular flexibility index (Phi) is 14.3. The van der Waals surface area contributed by atoms with Gasteiger partial charge in [-0.2, -0.15) is 0 Å². The number of rotatable bonds is 21. The van der Waals surface area contributed by atoms with Crippen molar-refractivity contribution in [2.24, 2.45) is 0 Å². The fraction of sp³-hybridized carbons (Fsp3) is 0.444. The summed E-state index contributed by atoms with van der Waals surface area (Å²) in [5.41, 5.74) is 5.70. The summed E-state index contributed by atoms with van der Waals surface area (Å²) in [5.74, 6) is -0.300. The quantitative estimate of drug-likeness (QED) is 0.0716. The molecule has 0 heterocycles. The summed E-state index contributed by atoms with van der Waals surface area (Å²) in [6.45, 7) is 3.94. The fourth-order valence-electron chi connectivity index (χ4n) is 5.09. The number of aliphatic carboxylic acids is 2. The van der Waals surface area contributed by atoms with Crippen LogP contribution in [0.5, 0.6) is 11.5 Å². The number of nitrogens with zero attached hydrogens (tertiary/aromatic N) is 1. The largest absolute Gasteiger partial charge is 0.628 e. The molecule has 0 aromatic heterocycles. The lowest BCUT2D eigenvalue weighted by molar-refractivity contribution is -0.138. The maximum atomic E-state index is 12.3. The smallest absolute Gasteiger partial charge is 0.303 e. The fourth-order valence-corrected chi connectivity index (χ4v) is 5.09. The standard InChI is InChI=1S/C36H47NO8/c1-4-43-26-27-23-30(28-15-17-31(18-16-28)37(2,3)42)25-32(24-27)44-21-8-6-5-7-11-29-12-9-13-34(33(29)19-20-36(40)41)45-22-10-14-35(38)39/h9,12-13,15-18,23-25H,4-8,10-11,14,19-22,26H2,1-3H3,(H,38,39)(H,40,41). The Bertz CT molecular complexity index is 1360. The summed E-state index contributed by atoms with van der Waals surface area (Å²) < 4.78 is 17.2. The summed E-state index contributed by atoms with van der Waals surface area (Å²) in [5, 5.41) is 30.4. The Morgan fingerprint density at radius 3 is 2.18 bits per heavy atom. The van der Waals surface area contributed by atoms with Crippen LogP contribution in [0.4, 0.5) is 5.69 Å². The molecule has 9 heteroatoms. The molecule has 0 aliphatic rings. The van der Waals surface area contributed by atoms with Crippen molar-refractivity contribution in [3.8, 4) is 22.6 Å². The second kappa shape index (κ2) is 18.1. The minimum absolute atomic E-state index is 0.0102. The summed E-state index contributed by atoms with van der Waals surface area (Å²) in [4.78, 5) is 22.1. The predicted octanol–water partition coefficient (Wildman–Crippen LogP) is 7.40. The van der Waals surface area contributed by atoms with E-state index in [4.69, 9.17) is 19.3 Å². The van der Waals surface area contributed by atoms with Gasteiger partial charge in [-0.25, -0.2) is 0 Å². The number of hydrogen-bond acceptors (Lipinski definition) is 6. The van der Waals surface area contributed by atoms with Gasteiger partial charge in [-0.15, -0.1) is 0 Å². The molecule has 244 valence electrons.